The first-order valence-corrected chi connectivity index (χ1v) is 12.2. The van der Waals surface area contributed by atoms with E-state index in [-0.39, 0.29) is 12.1 Å². The molecule has 8 nitrogen and oxygen atoms in total. The molecule has 0 unspecified atom stereocenters. The molecular weight excluding hydrogens is 507 g/mol. The van der Waals surface area contributed by atoms with Gasteiger partial charge in [-0.3, -0.25) is 9.56 Å². The number of carbonyl (C=O) groups excluding carboxylic acids is 1. The second kappa shape index (κ2) is 12.0. The van der Waals surface area contributed by atoms with Crippen LogP contribution in [0.1, 0.15) is 32.0 Å². The fourth-order valence-electron chi connectivity index (χ4n) is 3.29. The molecule has 0 radical (unpaired) electrons. The van der Waals surface area contributed by atoms with Gasteiger partial charge < -0.3 is 4.74 Å². The van der Waals surface area contributed by atoms with Crippen molar-refractivity contribution in [1.29, 1.82) is 0 Å². The summed E-state index contributed by atoms with van der Waals surface area (Å²) in [6, 6.07) is 14.8. The number of ether oxygens (including phenoxy) is 1. The van der Waals surface area contributed by atoms with Gasteiger partial charge in [0.15, 0.2) is 5.69 Å². The molecule has 2 N–H and O–H groups in total. The van der Waals surface area contributed by atoms with Gasteiger partial charge in [0, 0.05) is 16.0 Å². The number of carbonyl (C=O) groups is 1. The van der Waals surface area contributed by atoms with Gasteiger partial charge in [0.25, 0.3) is 0 Å². The van der Waals surface area contributed by atoms with E-state index in [1.807, 2.05) is 39.8 Å². The van der Waals surface area contributed by atoms with Gasteiger partial charge in [0.1, 0.15) is 6.61 Å². The average molecular weight is 538 g/mol. The van der Waals surface area contributed by atoms with Crippen molar-refractivity contribution in [1.82, 2.24) is 25.1 Å². The van der Waals surface area contributed by atoms with Crippen LogP contribution in [0.3, 0.4) is 0 Å². The number of hydrazine groups is 1. The predicted octanol–water partition coefficient (Wildman–Crippen LogP) is 5.77. The summed E-state index contributed by atoms with van der Waals surface area (Å²) in [6.07, 6.45) is -5.20. The highest BCUT2D eigenvalue weighted by Gasteiger charge is 2.35. The van der Waals surface area contributed by atoms with E-state index < -0.39 is 18.0 Å². The minimum Gasteiger partial charge on any atom is -0.448 e. The minimum absolute atomic E-state index is 0.127. The van der Waals surface area contributed by atoms with Gasteiger partial charge in [-0.1, -0.05) is 29.8 Å². The Morgan fingerprint density at radius 3 is 2.30 bits per heavy atom. The summed E-state index contributed by atoms with van der Waals surface area (Å²) in [5.74, 6) is 0. The normalized spacial score (nSPS) is 12.1. The van der Waals surface area contributed by atoms with Crippen LogP contribution in [-0.4, -0.2) is 46.7 Å². The summed E-state index contributed by atoms with van der Waals surface area (Å²) in [6.45, 7) is 8.38. The van der Waals surface area contributed by atoms with E-state index in [0.29, 0.717) is 28.4 Å². The molecule has 37 heavy (non-hydrogen) atoms. The Hall–Kier alpha value is -3.06. The molecule has 1 aromatic heterocycles. The molecule has 0 aliphatic heterocycles. The molecule has 12 heteroatoms. The SMILES string of the molecule is CONN(CCOC(=O)NSc1ccc(-n2nc(C(F)(F)F)cc2-c2ccc(C)cc2)cc1)C(C)(C)C. The summed E-state index contributed by atoms with van der Waals surface area (Å²) < 4.78 is 49.3. The van der Waals surface area contributed by atoms with Crippen LogP contribution in [0.15, 0.2) is 59.5 Å². The molecule has 1 amide bonds. The number of halogens is 3. The molecule has 2 aromatic carbocycles. The van der Waals surface area contributed by atoms with Gasteiger partial charge in [0.05, 0.1) is 25.0 Å². The Bertz CT molecular complexity index is 1180. The number of hydrogen-bond donors (Lipinski definition) is 2. The number of nitrogens with zero attached hydrogens (tertiary/aromatic N) is 3. The van der Waals surface area contributed by atoms with E-state index in [4.69, 9.17) is 9.57 Å². The lowest BCUT2D eigenvalue weighted by molar-refractivity contribution is -0.141. The van der Waals surface area contributed by atoms with Crippen LogP contribution in [0.4, 0.5) is 18.0 Å². The highest BCUT2D eigenvalue weighted by Crippen LogP contribution is 2.33. The molecule has 0 atom stereocenters. The molecule has 3 aromatic rings. The maximum absolute atomic E-state index is 13.4. The Kier molecular flexibility index (Phi) is 9.24. The molecule has 0 fully saturated rings. The second-order valence-corrected chi connectivity index (χ2v) is 10.0. The van der Waals surface area contributed by atoms with E-state index in [1.54, 1.807) is 41.4 Å². The first-order valence-electron chi connectivity index (χ1n) is 11.4. The first kappa shape index (κ1) is 28.5. The Balaban J connectivity index is 1.65. The van der Waals surface area contributed by atoms with Gasteiger partial charge in [-0.15, -0.1) is 5.59 Å². The van der Waals surface area contributed by atoms with Crippen LogP contribution in [0.2, 0.25) is 0 Å². The van der Waals surface area contributed by atoms with Crippen LogP contribution in [0.5, 0.6) is 0 Å². The number of aryl methyl sites for hydroxylation is 1. The lowest BCUT2D eigenvalue weighted by atomic mass is 10.1. The topological polar surface area (TPSA) is 80.7 Å². The average Bonchev–Trinajstić information content (AvgIpc) is 3.28. The second-order valence-electron chi connectivity index (χ2n) is 9.14. The largest absolute Gasteiger partial charge is 0.448 e. The minimum atomic E-state index is -4.58. The number of rotatable bonds is 9. The maximum Gasteiger partial charge on any atom is 0.435 e. The molecule has 0 bridgehead atoms. The van der Waals surface area contributed by atoms with Gasteiger partial charge >= 0.3 is 12.3 Å². The Morgan fingerprint density at radius 1 is 1.08 bits per heavy atom. The molecule has 0 saturated heterocycles. The van der Waals surface area contributed by atoms with Crippen LogP contribution < -0.4 is 10.3 Å². The lowest BCUT2D eigenvalue weighted by Gasteiger charge is -2.34. The summed E-state index contributed by atoms with van der Waals surface area (Å²) in [4.78, 5) is 17.7. The van der Waals surface area contributed by atoms with Crippen LogP contribution in [0, 0.1) is 6.92 Å². The van der Waals surface area contributed by atoms with Gasteiger partial charge in [0.2, 0.25) is 0 Å². The summed E-state index contributed by atoms with van der Waals surface area (Å²) >= 11 is 1.03. The number of amides is 1. The molecule has 0 aliphatic rings. The van der Waals surface area contributed by atoms with Crippen molar-refractivity contribution in [2.75, 3.05) is 20.3 Å². The lowest BCUT2D eigenvalue weighted by Crippen LogP contribution is -2.51. The van der Waals surface area contributed by atoms with Crippen LogP contribution in [0.25, 0.3) is 16.9 Å². The zero-order valence-electron chi connectivity index (χ0n) is 21.2. The third-order valence-electron chi connectivity index (χ3n) is 5.24. The molecular formula is C25H30F3N5O3S. The standard InChI is InChI=1S/C25H30F3N5O3S/c1-17-6-8-18(9-7-17)21-16-22(25(26,27)28)29-33(21)19-10-12-20(13-11-19)37-30-23(34)36-15-14-32(31-35-5)24(2,3)4/h6-13,16,31H,14-15H2,1-5H3,(H,30,34). The van der Waals surface area contributed by atoms with Crippen molar-refractivity contribution in [3.8, 4) is 16.9 Å². The van der Waals surface area contributed by atoms with Gasteiger partial charge in [-0.25, -0.2) is 14.5 Å². The van der Waals surface area contributed by atoms with Crippen molar-refractivity contribution in [2.45, 2.75) is 44.3 Å². The fraction of sp³-hybridized carbons (Fsp3) is 0.360. The number of hydrogen-bond acceptors (Lipinski definition) is 7. The van der Waals surface area contributed by atoms with Crippen molar-refractivity contribution in [2.24, 2.45) is 0 Å². The van der Waals surface area contributed by atoms with Crippen LogP contribution >= 0.6 is 11.9 Å². The van der Waals surface area contributed by atoms with E-state index >= 15 is 0 Å². The quantitative estimate of drug-likeness (QED) is 0.265. The summed E-state index contributed by atoms with van der Waals surface area (Å²) in [5, 5.41) is 5.60. The van der Waals surface area contributed by atoms with Gasteiger partial charge in [-0.2, -0.15) is 18.3 Å². The first-order chi connectivity index (χ1) is 17.4. The highest BCUT2D eigenvalue weighted by atomic mass is 32.2. The molecule has 1 heterocycles. The van der Waals surface area contributed by atoms with Crippen molar-refractivity contribution < 1.29 is 27.5 Å². The van der Waals surface area contributed by atoms with E-state index in [2.05, 4.69) is 15.4 Å². The summed E-state index contributed by atoms with van der Waals surface area (Å²) in [5.41, 5.74) is 3.90. The van der Waals surface area contributed by atoms with Crippen molar-refractivity contribution in [3.05, 3.63) is 65.9 Å². The highest BCUT2D eigenvalue weighted by molar-refractivity contribution is 7.98. The molecule has 200 valence electrons. The molecule has 3 rings (SSSR count). The number of benzene rings is 2. The van der Waals surface area contributed by atoms with Crippen molar-refractivity contribution in [3.63, 3.8) is 0 Å². The van der Waals surface area contributed by atoms with Crippen LogP contribution in [-0.2, 0) is 15.8 Å². The van der Waals surface area contributed by atoms with Crippen molar-refractivity contribution >= 4 is 18.0 Å². The smallest absolute Gasteiger partial charge is 0.435 e. The third-order valence-corrected chi connectivity index (χ3v) is 6.02. The van der Waals surface area contributed by atoms with E-state index in [1.165, 1.54) is 11.8 Å². The molecule has 0 spiro atoms. The third kappa shape index (κ3) is 7.96. The summed E-state index contributed by atoms with van der Waals surface area (Å²) in [7, 11) is 1.50. The monoisotopic (exact) mass is 537 g/mol. The predicted molar refractivity (Wildman–Crippen MR) is 136 cm³/mol. The molecule has 0 saturated carbocycles. The number of alkyl halides is 3. The zero-order chi connectivity index (χ0) is 27.2. The number of aromatic nitrogens is 2. The Morgan fingerprint density at radius 2 is 1.73 bits per heavy atom. The maximum atomic E-state index is 13.4. The molecule has 0 aliphatic carbocycles. The fourth-order valence-corrected chi connectivity index (χ4v) is 3.82. The Labute approximate surface area is 218 Å². The number of nitrogens with one attached hydrogen (secondary N) is 2. The van der Waals surface area contributed by atoms with E-state index in [0.717, 1.165) is 23.6 Å². The van der Waals surface area contributed by atoms with E-state index in [9.17, 15) is 18.0 Å². The zero-order valence-corrected chi connectivity index (χ0v) is 22.0. The van der Waals surface area contributed by atoms with Gasteiger partial charge in [-0.05, 0) is 70.0 Å².